The summed E-state index contributed by atoms with van der Waals surface area (Å²) in [5.74, 6) is 0.319. The highest BCUT2D eigenvalue weighted by molar-refractivity contribution is 7.89. The van der Waals surface area contributed by atoms with Gasteiger partial charge in [-0.1, -0.05) is 54.6 Å². The summed E-state index contributed by atoms with van der Waals surface area (Å²) in [6.45, 7) is 3.50. The first-order chi connectivity index (χ1) is 19.3. The van der Waals surface area contributed by atoms with Crippen LogP contribution < -0.4 is 10.1 Å². The van der Waals surface area contributed by atoms with Gasteiger partial charge < -0.3 is 15.0 Å². The van der Waals surface area contributed by atoms with Crippen molar-refractivity contribution in [1.82, 2.24) is 14.5 Å². The third-order valence-electron chi connectivity index (χ3n) is 7.24. The molecule has 212 valence electrons. The minimum atomic E-state index is -3.48. The molecular weight excluding hydrogens is 526 g/mol. The van der Waals surface area contributed by atoms with Crippen molar-refractivity contribution < 1.29 is 22.7 Å². The zero-order valence-corrected chi connectivity index (χ0v) is 23.9. The molecule has 40 heavy (non-hydrogen) atoms. The maximum absolute atomic E-state index is 13.5. The quantitative estimate of drug-likeness (QED) is 0.357. The summed E-state index contributed by atoms with van der Waals surface area (Å²) >= 11 is 0. The van der Waals surface area contributed by atoms with E-state index in [4.69, 9.17) is 4.74 Å². The molecule has 3 aromatic carbocycles. The Morgan fingerprint density at radius 3 is 2.15 bits per heavy atom. The van der Waals surface area contributed by atoms with Gasteiger partial charge in [0, 0.05) is 32.6 Å². The fraction of sp³-hybridized carbons (Fsp3) is 0.355. The number of carbonyl (C=O) groups excluding carboxylic acids is 2. The van der Waals surface area contributed by atoms with Gasteiger partial charge in [-0.05, 0) is 67.1 Å². The maximum Gasteiger partial charge on any atom is 0.243 e. The van der Waals surface area contributed by atoms with E-state index in [9.17, 15) is 18.0 Å². The highest BCUT2D eigenvalue weighted by atomic mass is 32.2. The van der Waals surface area contributed by atoms with Crippen molar-refractivity contribution in [1.29, 1.82) is 0 Å². The monoisotopic (exact) mass is 563 g/mol. The molecule has 1 saturated heterocycles. The molecule has 8 nitrogen and oxygen atoms in total. The van der Waals surface area contributed by atoms with Gasteiger partial charge in [0.2, 0.25) is 21.8 Å². The Morgan fingerprint density at radius 1 is 0.900 bits per heavy atom. The van der Waals surface area contributed by atoms with Crippen LogP contribution in [0.15, 0.2) is 83.8 Å². The Hall–Kier alpha value is -3.69. The van der Waals surface area contributed by atoms with Gasteiger partial charge in [-0.15, -0.1) is 0 Å². The molecule has 0 saturated carbocycles. The molecule has 0 spiro atoms. The molecule has 1 heterocycles. The summed E-state index contributed by atoms with van der Waals surface area (Å²) in [7, 11) is -1.89. The van der Waals surface area contributed by atoms with E-state index < -0.39 is 16.1 Å². The Morgan fingerprint density at radius 2 is 1.52 bits per heavy atom. The number of methoxy groups -OCH3 is 1. The van der Waals surface area contributed by atoms with Gasteiger partial charge in [-0.3, -0.25) is 9.59 Å². The smallest absolute Gasteiger partial charge is 0.243 e. The van der Waals surface area contributed by atoms with Crippen LogP contribution in [0.3, 0.4) is 0 Å². The number of nitrogens with one attached hydrogen (secondary N) is 1. The largest absolute Gasteiger partial charge is 0.497 e. The summed E-state index contributed by atoms with van der Waals surface area (Å²) in [5.41, 5.74) is 2.72. The fourth-order valence-corrected chi connectivity index (χ4v) is 6.26. The summed E-state index contributed by atoms with van der Waals surface area (Å²) in [6, 6.07) is 23.1. The molecule has 3 aromatic rings. The summed E-state index contributed by atoms with van der Waals surface area (Å²) in [6.07, 6.45) is 2.38. The van der Waals surface area contributed by atoms with E-state index in [-0.39, 0.29) is 29.7 Å². The molecule has 1 aliphatic heterocycles. The minimum Gasteiger partial charge on any atom is -0.497 e. The third-order valence-corrected chi connectivity index (χ3v) is 9.16. The topological polar surface area (TPSA) is 96.0 Å². The first-order valence-corrected chi connectivity index (χ1v) is 15.0. The highest BCUT2D eigenvalue weighted by Gasteiger charge is 2.28. The predicted octanol–water partition coefficient (Wildman–Crippen LogP) is 4.15. The van der Waals surface area contributed by atoms with Gasteiger partial charge in [0.15, 0.2) is 0 Å². The van der Waals surface area contributed by atoms with Gasteiger partial charge >= 0.3 is 0 Å². The average Bonchev–Trinajstić information content (AvgIpc) is 3.54. The van der Waals surface area contributed by atoms with Crippen molar-refractivity contribution in [3.8, 4) is 5.75 Å². The lowest BCUT2D eigenvalue weighted by Gasteiger charge is -2.29. The molecule has 1 atom stereocenters. The second-order valence-corrected chi connectivity index (χ2v) is 11.9. The number of ether oxygens (including phenoxy) is 1. The second kappa shape index (κ2) is 13.6. The normalized spacial score (nSPS) is 14.4. The van der Waals surface area contributed by atoms with Crippen molar-refractivity contribution in [3.05, 3.63) is 95.6 Å². The Balaban J connectivity index is 1.43. The molecule has 4 rings (SSSR count). The SMILES string of the molecule is COc1ccc(CN(C(=O)CCc2ccc(S(=O)(=O)N3CCCC3)cc2)C(C)C(=O)NCc2ccccc2)cc1. The van der Waals surface area contributed by atoms with E-state index in [1.165, 1.54) is 4.31 Å². The number of amides is 2. The van der Waals surface area contributed by atoms with Crippen molar-refractivity contribution in [2.75, 3.05) is 20.2 Å². The fourth-order valence-electron chi connectivity index (χ4n) is 4.74. The number of benzene rings is 3. The lowest BCUT2D eigenvalue weighted by Crippen LogP contribution is -2.47. The van der Waals surface area contributed by atoms with Crippen LogP contribution in [0.25, 0.3) is 0 Å². The van der Waals surface area contributed by atoms with Gasteiger partial charge in [0.25, 0.3) is 0 Å². The van der Waals surface area contributed by atoms with Crippen LogP contribution in [0.1, 0.15) is 42.9 Å². The van der Waals surface area contributed by atoms with E-state index in [0.29, 0.717) is 31.8 Å². The summed E-state index contributed by atoms with van der Waals surface area (Å²) in [4.78, 5) is 28.4. The van der Waals surface area contributed by atoms with E-state index >= 15 is 0 Å². The molecule has 0 bridgehead atoms. The number of aryl methyl sites for hydroxylation is 1. The molecule has 2 amide bonds. The Kier molecular flexibility index (Phi) is 9.95. The summed E-state index contributed by atoms with van der Waals surface area (Å²) < 4.78 is 32.4. The number of carbonyl (C=O) groups is 2. The molecular formula is C31H37N3O5S. The Labute approximate surface area is 237 Å². The number of hydrogen-bond acceptors (Lipinski definition) is 5. The number of sulfonamides is 1. The van der Waals surface area contributed by atoms with E-state index in [1.807, 2.05) is 54.6 Å². The van der Waals surface area contributed by atoms with Crippen LogP contribution in [-0.2, 0) is 39.1 Å². The van der Waals surface area contributed by atoms with Crippen molar-refractivity contribution >= 4 is 21.8 Å². The minimum absolute atomic E-state index is 0.160. The molecule has 1 fully saturated rings. The zero-order chi connectivity index (χ0) is 28.5. The van der Waals surface area contributed by atoms with Crippen molar-refractivity contribution in [3.63, 3.8) is 0 Å². The first-order valence-electron chi connectivity index (χ1n) is 13.6. The number of rotatable bonds is 12. The second-order valence-electron chi connectivity index (χ2n) is 10.0. The first kappa shape index (κ1) is 29.3. The summed E-state index contributed by atoms with van der Waals surface area (Å²) in [5, 5.41) is 2.94. The van der Waals surface area contributed by atoms with E-state index in [2.05, 4.69) is 5.32 Å². The lowest BCUT2D eigenvalue weighted by atomic mass is 10.1. The molecule has 9 heteroatoms. The molecule has 0 aromatic heterocycles. The number of hydrogen-bond donors (Lipinski definition) is 1. The zero-order valence-electron chi connectivity index (χ0n) is 23.1. The van der Waals surface area contributed by atoms with Crippen molar-refractivity contribution in [2.24, 2.45) is 0 Å². The van der Waals surface area contributed by atoms with Crippen LogP contribution in [0.2, 0.25) is 0 Å². The van der Waals surface area contributed by atoms with Crippen LogP contribution in [0.5, 0.6) is 5.75 Å². The molecule has 1 aliphatic rings. The van der Waals surface area contributed by atoms with Gasteiger partial charge in [0.05, 0.1) is 12.0 Å². The van der Waals surface area contributed by atoms with E-state index in [0.717, 1.165) is 29.5 Å². The Bertz CT molecular complexity index is 1370. The third kappa shape index (κ3) is 7.49. The van der Waals surface area contributed by atoms with Crippen LogP contribution in [0.4, 0.5) is 0 Å². The molecule has 0 aliphatic carbocycles. The number of nitrogens with zero attached hydrogens (tertiary/aromatic N) is 2. The van der Waals surface area contributed by atoms with Gasteiger partial charge in [-0.2, -0.15) is 4.31 Å². The van der Waals surface area contributed by atoms with Crippen LogP contribution in [-0.4, -0.2) is 55.7 Å². The molecule has 1 N–H and O–H groups in total. The van der Waals surface area contributed by atoms with Crippen molar-refractivity contribution in [2.45, 2.75) is 56.6 Å². The molecule has 0 radical (unpaired) electrons. The van der Waals surface area contributed by atoms with Gasteiger partial charge in [0.1, 0.15) is 11.8 Å². The lowest BCUT2D eigenvalue weighted by molar-refractivity contribution is -0.140. The predicted molar refractivity (Wildman–Crippen MR) is 154 cm³/mol. The van der Waals surface area contributed by atoms with Crippen LogP contribution >= 0.6 is 0 Å². The highest BCUT2D eigenvalue weighted by Crippen LogP contribution is 2.22. The average molecular weight is 564 g/mol. The standard InChI is InChI=1S/C31H37N3O5S/c1-24(31(36)32-22-26-8-4-3-5-9-26)34(23-27-10-15-28(39-2)16-11-27)30(35)19-14-25-12-17-29(18-13-25)40(37,38)33-20-6-7-21-33/h3-5,8-13,15-18,24H,6-7,14,19-23H2,1-2H3,(H,32,36). The van der Waals surface area contributed by atoms with E-state index in [1.54, 1.807) is 43.2 Å². The maximum atomic E-state index is 13.5. The van der Waals surface area contributed by atoms with Crippen LogP contribution in [0, 0.1) is 0 Å². The van der Waals surface area contributed by atoms with Gasteiger partial charge in [-0.25, -0.2) is 8.42 Å². The molecule has 1 unspecified atom stereocenters.